The van der Waals surface area contributed by atoms with Crippen LogP contribution >= 0.6 is 0 Å². The molecule has 5 heteroatoms. The number of aryl methyl sites for hydroxylation is 1. The van der Waals surface area contributed by atoms with E-state index in [9.17, 15) is 0 Å². The molecule has 1 atom stereocenters. The number of imidazole rings is 1. The van der Waals surface area contributed by atoms with Gasteiger partial charge in [0.05, 0.1) is 19.8 Å². The van der Waals surface area contributed by atoms with E-state index in [1.54, 1.807) is 0 Å². The third-order valence-corrected chi connectivity index (χ3v) is 3.65. The Bertz CT molecular complexity index is 556. The number of hydrogen-bond donors (Lipinski definition) is 0. The van der Waals surface area contributed by atoms with Crippen molar-refractivity contribution in [3.63, 3.8) is 0 Å². The van der Waals surface area contributed by atoms with Crippen molar-refractivity contribution >= 4 is 0 Å². The average molecular weight is 287 g/mol. The Kier molecular flexibility index (Phi) is 4.52. The fourth-order valence-electron chi connectivity index (χ4n) is 2.50. The van der Waals surface area contributed by atoms with Crippen LogP contribution in [0.15, 0.2) is 42.7 Å². The maximum atomic E-state index is 6.02. The first-order valence-electron chi connectivity index (χ1n) is 7.29. The normalized spacial score (nSPS) is 20.1. The molecule has 5 nitrogen and oxygen atoms in total. The van der Waals surface area contributed by atoms with Crippen LogP contribution in [-0.4, -0.2) is 46.9 Å². The highest BCUT2D eigenvalue weighted by molar-refractivity contribution is 5.21. The lowest BCUT2D eigenvalue weighted by Gasteiger charge is -2.23. The third-order valence-electron chi connectivity index (χ3n) is 3.65. The predicted molar refractivity (Wildman–Crippen MR) is 80.2 cm³/mol. The summed E-state index contributed by atoms with van der Waals surface area (Å²) < 4.78 is 13.7. The Morgan fingerprint density at radius 1 is 1.33 bits per heavy atom. The number of nitrogens with zero attached hydrogens (tertiary/aromatic N) is 3. The molecule has 112 valence electrons. The smallest absolute Gasteiger partial charge is 0.135 e. The quantitative estimate of drug-likeness (QED) is 0.858. The van der Waals surface area contributed by atoms with E-state index in [-0.39, 0.29) is 6.10 Å². The van der Waals surface area contributed by atoms with Gasteiger partial charge in [-0.05, 0) is 12.1 Å². The van der Waals surface area contributed by atoms with Gasteiger partial charge >= 0.3 is 0 Å². The van der Waals surface area contributed by atoms with Gasteiger partial charge in [0.25, 0.3) is 0 Å². The van der Waals surface area contributed by atoms with Crippen molar-refractivity contribution in [3.8, 4) is 5.75 Å². The second-order valence-electron chi connectivity index (χ2n) is 5.32. The maximum absolute atomic E-state index is 6.02. The van der Waals surface area contributed by atoms with Crippen LogP contribution < -0.4 is 4.74 Å². The van der Waals surface area contributed by atoms with Crippen LogP contribution in [0.4, 0.5) is 0 Å². The molecule has 2 aromatic rings. The summed E-state index contributed by atoms with van der Waals surface area (Å²) >= 11 is 0. The number of aromatic nitrogens is 2. The summed E-state index contributed by atoms with van der Waals surface area (Å²) in [7, 11) is 2.02. The van der Waals surface area contributed by atoms with Crippen molar-refractivity contribution in [2.75, 3.05) is 26.3 Å². The van der Waals surface area contributed by atoms with Crippen molar-refractivity contribution in [3.05, 3.63) is 48.5 Å². The lowest BCUT2D eigenvalue weighted by atomic mass is 10.3. The number of para-hydroxylation sites is 1. The molecule has 0 radical (unpaired) electrons. The van der Waals surface area contributed by atoms with E-state index in [0.717, 1.165) is 37.8 Å². The lowest BCUT2D eigenvalue weighted by molar-refractivity contribution is 0.0710. The largest absolute Gasteiger partial charge is 0.487 e. The molecule has 1 aromatic carbocycles. The molecule has 0 spiro atoms. The second-order valence-corrected chi connectivity index (χ2v) is 5.32. The summed E-state index contributed by atoms with van der Waals surface area (Å²) in [6.45, 7) is 3.94. The molecule has 0 unspecified atom stereocenters. The molecule has 1 aromatic heterocycles. The summed E-state index contributed by atoms with van der Waals surface area (Å²) in [5.41, 5.74) is 0. The first kappa shape index (κ1) is 14.1. The Hall–Kier alpha value is -1.85. The summed E-state index contributed by atoms with van der Waals surface area (Å²) in [6.07, 6.45) is 3.86. The fraction of sp³-hybridized carbons (Fsp3) is 0.438. The predicted octanol–water partition coefficient (Wildman–Crippen LogP) is 1.70. The second kappa shape index (κ2) is 6.74. The molecule has 3 rings (SSSR count). The van der Waals surface area contributed by atoms with Gasteiger partial charge in [-0.1, -0.05) is 18.2 Å². The van der Waals surface area contributed by atoms with Crippen molar-refractivity contribution in [1.82, 2.24) is 14.5 Å². The molecule has 0 aliphatic carbocycles. The average Bonchev–Trinajstić information content (AvgIpc) is 2.76. The van der Waals surface area contributed by atoms with Gasteiger partial charge in [-0.25, -0.2) is 4.98 Å². The lowest BCUT2D eigenvalue weighted by Crippen LogP contribution is -2.36. The fourth-order valence-corrected chi connectivity index (χ4v) is 2.50. The van der Waals surface area contributed by atoms with Gasteiger partial charge in [0, 0.05) is 32.5 Å². The van der Waals surface area contributed by atoms with Crippen LogP contribution in [0.2, 0.25) is 0 Å². The van der Waals surface area contributed by atoms with Crippen LogP contribution in [0.3, 0.4) is 0 Å². The van der Waals surface area contributed by atoms with Crippen molar-refractivity contribution in [1.29, 1.82) is 0 Å². The molecule has 1 saturated heterocycles. The van der Waals surface area contributed by atoms with Crippen LogP contribution in [-0.2, 0) is 18.3 Å². The number of rotatable bonds is 4. The summed E-state index contributed by atoms with van der Waals surface area (Å²) in [4.78, 5) is 6.73. The molecule has 0 amide bonds. The molecule has 0 N–H and O–H groups in total. The highest BCUT2D eigenvalue weighted by Gasteiger charge is 2.21. The molecular formula is C16H21N3O2. The van der Waals surface area contributed by atoms with E-state index in [1.165, 1.54) is 0 Å². The standard InChI is InChI=1S/C16H21N3O2/c1-18-8-7-17-16(18)12-19-9-10-20-13-15(11-19)21-14-5-3-2-4-6-14/h2-8,15H,9-13H2,1H3/t15-/m1/s1. The monoisotopic (exact) mass is 287 g/mol. The van der Waals surface area contributed by atoms with Crippen LogP contribution in [0.5, 0.6) is 5.75 Å². The molecule has 1 aliphatic rings. The zero-order valence-corrected chi connectivity index (χ0v) is 12.3. The van der Waals surface area contributed by atoms with E-state index in [0.29, 0.717) is 6.61 Å². The third kappa shape index (κ3) is 3.83. The number of hydrogen-bond acceptors (Lipinski definition) is 4. The van der Waals surface area contributed by atoms with Crippen LogP contribution in [0.1, 0.15) is 5.82 Å². The van der Waals surface area contributed by atoms with E-state index >= 15 is 0 Å². The molecular weight excluding hydrogens is 266 g/mol. The highest BCUT2D eigenvalue weighted by atomic mass is 16.5. The summed E-state index contributed by atoms with van der Waals surface area (Å²) in [5.74, 6) is 1.96. The first-order chi connectivity index (χ1) is 10.3. The van der Waals surface area contributed by atoms with Gasteiger partial charge in [0.2, 0.25) is 0 Å². The van der Waals surface area contributed by atoms with Crippen molar-refractivity contribution in [2.24, 2.45) is 7.05 Å². The SMILES string of the molecule is Cn1ccnc1CN1CCOC[C@H](Oc2ccccc2)C1. The minimum atomic E-state index is 0.0511. The van der Waals surface area contributed by atoms with Crippen molar-refractivity contribution in [2.45, 2.75) is 12.6 Å². The van der Waals surface area contributed by atoms with Gasteiger partial charge in [-0.2, -0.15) is 0 Å². The molecule has 2 heterocycles. The van der Waals surface area contributed by atoms with Crippen LogP contribution in [0.25, 0.3) is 0 Å². The highest BCUT2D eigenvalue weighted by Crippen LogP contribution is 2.14. The number of ether oxygens (including phenoxy) is 2. The topological polar surface area (TPSA) is 39.5 Å². The minimum Gasteiger partial charge on any atom is -0.487 e. The van der Waals surface area contributed by atoms with Crippen LogP contribution in [0, 0.1) is 0 Å². The van der Waals surface area contributed by atoms with Gasteiger partial charge < -0.3 is 14.0 Å². The van der Waals surface area contributed by atoms with E-state index < -0.39 is 0 Å². The zero-order chi connectivity index (χ0) is 14.5. The van der Waals surface area contributed by atoms with Gasteiger partial charge in [-0.3, -0.25) is 4.90 Å². The van der Waals surface area contributed by atoms with Gasteiger partial charge in [-0.15, -0.1) is 0 Å². The van der Waals surface area contributed by atoms with E-state index in [4.69, 9.17) is 9.47 Å². The minimum absolute atomic E-state index is 0.0511. The zero-order valence-electron chi connectivity index (χ0n) is 12.3. The van der Waals surface area contributed by atoms with Gasteiger partial charge in [0.1, 0.15) is 17.7 Å². The molecule has 1 fully saturated rings. The maximum Gasteiger partial charge on any atom is 0.135 e. The Morgan fingerprint density at radius 3 is 2.95 bits per heavy atom. The molecule has 0 bridgehead atoms. The Balaban J connectivity index is 1.62. The molecule has 21 heavy (non-hydrogen) atoms. The first-order valence-corrected chi connectivity index (χ1v) is 7.29. The van der Waals surface area contributed by atoms with E-state index in [2.05, 4.69) is 14.5 Å². The Morgan fingerprint density at radius 2 is 2.19 bits per heavy atom. The number of benzene rings is 1. The molecule has 0 saturated carbocycles. The summed E-state index contributed by atoms with van der Waals surface area (Å²) in [5, 5.41) is 0. The summed E-state index contributed by atoms with van der Waals surface area (Å²) in [6, 6.07) is 9.92. The Labute approximate surface area is 125 Å². The van der Waals surface area contributed by atoms with Crippen molar-refractivity contribution < 1.29 is 9.47 Å². The van der Waals surface area contributed by atoms with Gasteiger partial charge in [0.15, 0.2) is 0 Å². The molecule has 1 aliphatic heterocycles. The van der Waals surface area contributed by atoms with E-state index in [1.807, 2.05) is 49.8 Å².